The van der Waals surface area contributed by atoms with E-state index in [1.807, 2.05) is 30.3 Å². The Bertz CT molecular complexity index is 486. The standard InChI is InChI=1S/C20H32ClNO4/c1-20(24-2,18-10-6-5-7-11-18)19(23)22-13-15-26-17-16-25-14-9-4-3-8-12-21/h5-7,10-11H,3-4,8-9,12-17H2,1-2H3,(H,22,23)/t20-/m1/s1. The number of unbranched alkanes of at least 4 members (excludes halogenated alkanes) is 3. The van der Waals surface area contributed by atoms with Gasteiger partial charge in [0, 0.05) is 26.1 Å². The van der Waals surface area contributed by atoms with E-state index in [0.29, 0.717) is 26.4 Å². The van der Waals surface area contributed by atoms with Crippen LogP contribution < -0.4 is 5.32 Å². The smallest absolute Gasteiger partial charge is 0.256 e. The van der Waals surface area contributed by atoms with Gasteiger partial charge in [-0.2, -0.15) is 0 Å². The Kier molecular flexibility index (Phi) is 12.3. The minimum absolute atomic E-state index is 0.178. The van der Waals surface area contributed by atoms with E-state index in [0.717, 1.165) is 43.7 Å². The molecule has 1 aromatic carbocycles. The van der Waals surface area contributed by atoms with Crippen LogP contribution in [0.25, 0.3) is 0 Å². The molecular weight excluding hydrogens is 354 g/mol. The molecule has 1 N–H and O–H groups in total. The molecule has 1 aromatic rings. The molecule has 0 radical (unpaired) electrons. The molecular formula is C20H32ClNO4. The van der Waals surface area contributed by atoms with E-state index in [2.05, 4.69) is 5.32 Å². The summed E-state index contributed by atoms with van der Waals surface area (Å²) in [5.74, 6) is 0.558. The molecule has 1 rings (SSSR count). The van der Waals surface area contributed by atoms with Crippen LogP contribution in [0.2, 0.25) is 0 Å². The third kappa shape index (κ3) is 8.49. The molecule has 0 saturated carbocycles. The predicted octanol–water partition coefficient (Wildman–Crippen LogP) is 3.50. The van der Waals surface area contributed by atoms with E-state index in [9.17, 15) is 4.79 Å². The molecule has 148 valence electrons. The van der Waals surface area contributed by atoms with Crippen molar-refractivity contribution in [2.45, 2.75) is 38.2 Å². The quantitative estimate of drug-likeness (QED) is 0.371. The van der Waals surface area contributed by atoms with E-state index in [1.54, 1.807) is 6.92 Å². The third-order valence-corrected chi connectivity index (χ3v) is 4.51. The van der Waals surface area contributed by atoms with Crippen LogP contribution in [0.1, 0.15) is 38.2 Å². The molecule has 0 aromatic heterocycles. The van der Waals surface area contributed by atoms with Gasteiger partial charge in [0.25, 0.3) is 5.91 Å². The maximum absolute atomic E-state index is 12.5. The van der Waals surface area contributed by atoms with Gasteiger partial charge < -0.3 is 19.5 Å². The number of carbonyl (C=O) groups is 1. The summed E-state index contributed by atoms with van der Waals surface area (Å²) >= 11 is 5.63. The maximum atomic E-state index is 12.5. The summed E-state index contributed by atoms with van der Waals surface area (Å²) in [5.41, 5.74) is -0.186. The van der Waals surface area contributed by atoms with Crippen molar-refractivity contribution in [1.82, 2.24) is 5.32 Å². The number of hydrogen-bond donors (Lipinski definition) is 1. The molecule has 6 heteroatoms. The Morgan fingerprint density at radius 3 is 2.31 bits per heavy atom. The van der Waals surface area contributed by atoms with E-state index >= 15 is 0 Å². The molecule has 0 spiro atoms. The minimum atomic E-state index is -1.01. The summed E-state index contributed by atoms with van der Waals surface area (Å²) in [6.07, 6.45) is 4.44. The van der Waals surface area contributed by atoms with Crippen LogP contribution in [-0.4, -0.2) is 51.9 Å². The normalized spacial score (nSPS) is 13.3. The third-order valence-electron chi connectivity index (χ3n) is 4.24. The van der Waals surface area contributed by atoms with Crippen molar-refractivity contribution in [3.8, 4) is 0 Å². The van der Waals surface area contributed by atoms with Gasteiger partial charge in [-0.25, -0.2) is 0 Å². The summed E-state index contributed by atoms with van der Waals surface area (Å²) in [7, 11) is 1.54. The zero-order valence-electron chi connectivity index (χ0n) is 16.0. The number of benzene rings is 1. The highest BCUT2D eigenvalue weighted by atomic mass is 35.5. The summed E-state index contributed by atoms with van der Waals surface area (Å²) in [6, 6.07) is 9.45. The molecule has 0 bridgehead atoms. The van der Waals surface area contributed by atoms with Crippen LogP contribution in [0.3, 0.4) is 0 Å². The Morgan fingerprint density at radius 1 is 1.00 bits per heavy atom. The molecule has 0 aliphatic rings. The highest BCUT2D eigenvalue weighted by Crippen LogP contribution is 2.24. The molecule has 0 saturated heterocycles. The second-order valence-electron chi connectivity index (χ2n) is 6.19. The molecule has 0 heterocycles. The number of rotatable bonds is 15. The Labute approximate surface area is 162 Å². The first-order valence-corrected chi connectivity index (χ1v) is 9.79. The first kappa shape index (κ1) is 22.9. The molecule has 1 amide bonds. The lowest BCUT2D eigenvalue weighted by molar-refractivity contribution is -0.142. The zero-order valence-corrected chi connectivity index (χ0v) is 16.7. The summed E-state index contributed by atoms with van der Waals surface area (Å²) in [6.45, 7) is 4.49. The van der Waals surface area contributed by atoms with Gasteiger partial charge in [0.15, 0.2) is 5.60 Å². The van der Waals surface area contributed by atoms with Gasteiger partial charge in [-0.05, 0) is 25.3 Å². The molecule has 0 unspecified atom stereocenters. The maximum Gasteiger partial charge on any atom is 0.256 e. The fraction of sp³-hybridized carbons (Fsp3) is 0.650. The number of nitrogens with one attached hydrogen (secondary N) is 1. The van der Waals surface area contributed by atoms with Crippen LogP contribution in [0.15, 0.2) is 30.3 Å². The summed E-state index contributed by atoms with van der Waals surface area (Å²) in [4.78, 5) is 12.5. The van der Waals surface area contributed by atoms with Gasteiger partial charge in [0.1, 0.15) is 0 Å². The highest BCUT2D eigenvalue weighted by Gasteiger charge is 2.34. The van der Waals surface area contributed by atoms with Crippen molar-refractivity contribution in [2.24, 2.45) is 0 Å². The number of hydrogen-bond acceptors (Lipinski definition) is 4. The molecule has 0 fully saturated rings. The van der Waals surface area contributed by atoms with Crippen molar-refractivity contribution < 1.29 is 19.0 Å². The van der Waals surface area contributed by atoms with Crippen molar-refractivity contribution in [1.29, 1.82) is 0 Å². The number of halogens is 1. The SMILES string of the molecule is CO[C@@](C)(C(=O)NCCOCCOCCCCCCCl)c1ccccc1. The number of alkyl halides is 1. The van der Waals surface area contributed by atoms with Crippen molar-refractivity contribution in [3.05, 3.63) is 35.9 Å². The van der Waals surface area contributed by atoms with Gasteiger partial charge in [0.05, 0.1) is 19.8 Å². The number of amides is 1. The lowest BCUT2D eigenvalue weighted by atomic mass is 9.95. The first-order valence-electron chi connectivity index (χ1n) is 9.25. The van der Waals surface area contributed by atoms with E-state index in [4.69, 9.17) is 25.8 Å². The Morgan fingerprint density at radius 2 is 1.65 bits per heavy atom. The number of ether oxygens (including phenoxy) is 3. The largest absolute Gasteiger partial charge is 0.379 e. The van der Waals surface area contributed by atoms with Crippen LogP contribution in [0.5, 0.6) is 0 Å². The van der Waals surface area contributed by atoms with Crippen molar-refractivity contribution >= 4 is 17.5 Å². The van der Waals surface area contributed by atoms with Gasteiger partial charge in [-0.1, -0.05) is 43.2 Å². The summed E-state index contributed by atoms with van der Waals surface area (Å²) in [5, 5.41) is 2.86. The van der Waals surface area contributed by atoms with Gasteiger partial charge in [0.2, 0.25) is 0 Å². The van der Waals surface area contributed by atoms with Crippen LogP contribution >= 0.6 is 11.6 Å². The average molecular weight is 386 g/mol. The Hall–Kier alpha value is -1.14. The second-order valence-corrected chi connectivity index (χ2v) is 6.57. The van der Waals surface area contributed by atoms with Gasteiger partial charge >= 0.3 is 0 Å². The molecule has 0 aliphatic carbocycles. The van der Waals surface area contributed by atoms with E-state index in [-0.39, 0.29) is 5.91 Å². The van der Waals surface area contributed by atoms with Crippen LogP contribution in [0, 0.1) is 0 Å². The van der Waals surface area contributed by atoms with E-state index < -0.39 is 5.60 Å². The van der Waals surface area contributed by atoms with Crippen LogP contribution in [-0.2, 0) is 24.6 Å². The topological polar surface area (TPSA) is 56.8 Å². The molecule has 5 nitrogen and oxygen atoms in total. The van der Waals surface area contributed by atoms with Crippen molar-refractivity contribution in [2.75, 3.05) is 46.0 Å². The van der Waals surface area contributed by atoms with Gasteiger partial charge in [-0.15, -0.1) is 11.6 Å². The lowest BCUT2D eigenvalue weighted by Crippen LogP contribution is -2.44. The predicted molar refractivity (Wildman–Crippen MR) is 105 cm³/mol. The lowest BCUT2D eigenvalue weighted by Gasteiger charge is -2.27. The highest BCUT2D eigenvalue weighted by molar-refractivity contribution is 6.17. The molecule has 1 atom stereocenters. The van der Waals surface area contributed by atoms with Crippen LogP contribution in [0.4, 0.5) is 0 Å². The van der Waals surface area contributed by atoms with Gasteiger partial charge in [-0.3, -0.25) is 4.79 Å². The summed E-state index contributed by atoms with van der Waals surface area (Å²) < 4.78 is 16.5. The monoisotopic (exact) mass is 385 g/mol. The fourth-order valence-electron chi connectivity index (χ4n) is 2.48. The number of methoxy groups -OCH3 is 1. The molecule has 0 aliphatic heterocycles. The van der Waals surface area contributed by atoms with Crippen molar-refractivity contribution in [3.63, 3.8) is 0 Å². The second kappa shape index (κ2) is 14.0. The number of carbonyl (C=O) groups excluding carboxylic acids is 1. The van der Waals surface area contributed by atoms with E-state index in [1.165, 1.54) is 7.11 Å². The molecule has 26 heavy (non-hydrogen) atoms. The fourth-order valence-corrected chi connectivity index (χ4v) is 2.67. The zero-order chi connectivity index (χ0) is 19.1. The first-order chi connectivity index (χ1) is 12.6. The Balaban J connectivity index is 2.09. The minimum Gasteiger partial charge on any atom is -0.379 e. The average Bonchev–Trinajstić information content (AvgIpc) is 2.68.